The maximum atomic E-state index is 11.9. The molecule has 134 valence electrons. The van der Waals surface area contributed by atoms with E-state index in [9.17, 15) is 14.9 Å². The lowest BCUT2D eigenvalue weighted by molar-refractivity contribution is -0.386. The standard InChI is InChI=1S/C17H20N2O6/c1-5-6-9-24-16-12(14-10(2)18-25-11(14)3)7-8-13(17(20)23-4)15(16)19(21)22/h7-8H,5-6,9H2,1-4H3. The lowest BCUT2D eigenvalue weighted by Crippen LogP contribution is -2.09. The van der Waals surface area contributed by atoms with Gasteiger partial charge >= 0.3 is 11.7 Å². The van der Waals surface area contributed by atoms with Crippen molar-refractivity contribution in [3.05, 3.63) is 39.3 Å². The van der Waals surface area contributed by atoms with E-state index in [1.807, 2.05) is 6.92 Å². The maximum absolute atomic E-state index is 11.9. The summed E-state index contributed by atoms with van der Waals surface area (Å²) < 4.78 is 15.5. The monoisotopic (exact) mass is 348 g/mol. The van der Waals surface area contributed by atoms with Gasteiger partial charge in [-0.15, -0.1) is 0 Å². The van der Waals surface area contributed by atoms with Crippen LogP contribution in [0, 0.1) is 24.0 Å². The Bertz CT molecular complexity index is 777. The number of esters is 1. The molecular weight excluding hydrogens is 328 g/mol. The van der Waals surface area contributed by atoms with Crippen LogP contribution in [-0.2, 0) is 4.74 Å². The van der Waals surface area contributed by atoms with Crippen molar-refractivity contribution < 1.29 is 23.7 Å². The molecule has 2 aromatic rings. The Morgan fingerprint density at radius 2 is 2.08 bits per heavy atom. The van der Waals surface area contributed by atoms with Crippen molar-refractivity contribution in [3.63, 3.8) is 0 Å². The van der Waals surface area contributed by atoms with Crippen LogP contribution in [-0.4, -0.2) is 29.8 Å². The van der Waals surface area contributed by atoms with E-state index in [1.54, 1.807) is 19.9 Å². The SMILES string of the molecule is CCCCOc1c(-c2c(C)noc2C)ccc(C(=O)OC)c1[N+](=O)[O-]. The van der Waals surface area contributed by atoms with E-state index in [-0.39, 0.29) is 11.3 Å². The highest BCUT2D eigenvalue weighted by Gasteiger charge is 2.31. The zero-order chi connectivity index (χ0) is 18.6. The number of methoxy groups -OCH3 is 1. The molecule has 2 rings (SSSR count). The molecule has 0 N–H and O–H groups in total. The molecule has 1 aromatic carbocycles. The molecule has 0 saturated heterocycles. The fourth-order valence-corrected chi connectivity index (χ4v) is 2.56. The average molecular weight is 348 g/mol. The highest BCUT2D eigenvalue weighted by atomic mass is 16.6. The molecular formula is C17H20N2O6. The van der Waals surface area contributed by atoms with Crippen LogP contribution in [0.5, 0.6) is 5.75 Å². The molecule has 0 aliphatic carbocycles. The number of carbonyl (C=O) groups is 1. The van der Waals surface area contributed by atoms with Crippen molar-refractivity contribution >= 4 is 11.7 Å². The summed E-state index contributed by atoms with van der Waals surface area (Å²) in [5.74, 6) is -0.258. The number of nitrogens with zero attached hydrogens (tertiary/aromatic N) is 2. The zero-order valence-corrected chi connectivity index (χ0v) is 14.6. The Morgan fingerprint density at radius 1 is 1.36 bits per heavy atom. The molecule has 1 heterocycles. The highest BCUT2D eigenvalue weighted by molar-refractivity contribution is 5.97. The second-order valence-electron chi connectivity index (χ2n) is 5.49. The molecule has 0 aliphatic heterocycles. The molecule has 0 radical (unpaired) electrons. The lowest BCUT2D eigenvalue weighted by Gasteiger charge is -2.13. The van der Waals surface area contributed by atoms with Gasteiger partial charge in [-0.3, -0.25) is 10.1 Å². The maximum Gasteiger partial charge on any atom is 0.345 e. The van der Waals surface area contributed by atoms with Gasteiger partial charge in [0.1, 0.15) is 11.3 Å². The topological polar surface area (TPSA) is 105 Å². The molecule has 0 bridgehead atoms. The molecule has 0 atom stereocenters. The minimum absolute atomic E-state index is 0.0238. The molecule has 0 unspecified atom stereocenters. The minimum Gasteiger partial charge on any atom is -0.486 e. The minimum atomic E-state index is -0.794. The molecule has 0 fully saturated rings. The molecule has 0 amide bonds. The van der Waals surface area contributed by atoms with Crippen molar-refractivity contribution in [1.82, 2.24) is 5.16 Å². The molecule has 8 nitrogen and oxygen atoms in total. The van der Waals surface area contributed by atoms with Gasteiger partial charge in [0.15, 0.2) is 0 Å². The van der Waals surface area contributed by atoms with Crippen molar-refractivity contribution in [2.75, 3.05) is 13.7 Å². The summed E-state index contributed by atoms with van der Waals surface area (Å²) in [7, 11) is 1.17. The van der Waals surface area contributed by atoms with E-state index in [2.05, 4.69) is 9.89 Å². The van der Waals surface area contributed by atoms with Gasteiger partial charge < -0.3 is 14.0 Å². The summed E-state index contributed by atoms with van der Waals surface area (Å²) in [6.07, 6.45) is 1.59. The fraction of sp³-hybridized carbons (Fsp3) is 0.412. The quantitative estimate of drug-likeness (QED) is 0.324. The first kappa shape index (κ1) is 18.4. The second-order valence-corrected chi connectivity index (χ2v) is 5.49. The van der Waals surface area contributed by atoms with E-state index in [0.29, 0.717) is 29.2 Å². The largest absolute Gasteiger partial charge is 0.486 e. The van der Waals surface area contributed by atoms with Crippen LogP contribution in [0.2, 0.25) is 0 Å². The van der Waals surface area contributed by atoms with Crippen molar-refractivity contribution in [2.45, 2.75) is 33.6 Å². The zero-order valence-electron chi connectivity index (χ0n) is 14.6. The van der Waals surface area contributed by atoms with Crippen molar-refractivity contribution in [3.8, 4) is 16.9 Å². The molecule has 0 aliphatic rings. The molecule has 8 heteroatoms. The summed E-state index contributed by atoms with van der Waals surface area (Å²) in [5, 5.41) is 15.6. The number of carbonyl (C=O) groups excluding carboxylic acids is 1. The average Bonchev–Trinajstić information content (AvgIpc) is 2.92. The van der Waals surface area contributed by atoms with Crippen LogP contribution in [0.1, 0.15) is 41.6 Å². The number of ether oxygens (including phenoxy) is 2. The molecule has 1 aromatic heterocycles. The van der Waals surface area contributed by atoms with Gasteiger partial charge in [0.05, 0.1) is 29.9 Å². The number of rotatable bonds is 7. The predicted molar refractivity (Wildman–Crippen MR) is 89.8 cm³/mol. The normalized spacial score (nSPS) is 10.6. The molecule has 0 spiro atoms. The van der Waals surface area contributed by atoms with Gasteiger partial charge in [0.25, 0.3) is 0 Å². The molecule has 25 heavy (non-hydrogen) atoms. The summed E-state index contributed by atoms with van der Waals surface area (Å²) in [4.78, 5) is 23.0. The Balaban J connectivity index is 2.73. The summed E-state index contributed by atoms with van der Waals surface area (Å²) in [5.41, 5.74) is 1.09. The third-order valence-electron chi connectivity index (χ3n) is 3.77. The Kier molecular flexibility index (Phi) is 5.74. The van der Waals surface area contributed by atoms with Gasteiger partial charge in [-0.2, -0.15) is 0 Å². The first-order valence-electron chi connectivity index (χ1n) is 7.88. The van der Waals surface area contributed by atoms with Gasteiger partial charge in [-0.05, 0) is 32.4 Å². The first-order chi connectivity index (χ1) is 11.9. The van der Waals surface area contributed by atoms with Crippen LogP contribution < -0.4 is 4.74 Å². The van der Waals surface area contributed by atoms with Gasteiger partial charge in [0.2, 0.25) is 5.75 Å². The number of nitro groups is 1. The van der Waals surface area contributed by atoms with E-state index < -0.39 is 16.6 Å². The predicted octanol–water partition coefficient (Wildman–Crippen LogP) is 3.83. The third kappa shape index (κ3) is 3.62. The van der Waals surface area contributed by atoms with Crippen molar-refractivity contribution in [2.24, 2.45) is 0 Å². The third-order valence-corrected chi connectivity index (χ3v) is 3.77. The Hall–Kier alpha value is -2.90. The fourth-order valence-electron chi connectivity index (χ4n) is 2.56. The first-order valence-corrected chi connectivity index (χ1v) is 7.88. The highest BCUT2D eigenvalue weighted by Crippen LogP contribution is 2.43. The smallest absolute Gasteiger partial charge is 0.345 e. The summed E-state index contributed by atoms with van der Waals surface area (Å²) in [6, 6.07) is 2.95. The number of hydrogen-bond donors (Lipinski definition) is 0. The van der Waals surface area contributed by atoms with E-state index in [1.165, 1.54) is 13.2 Å². The second kappa shape index (κ2) is 7.78. The van der Waals surface area contributed by atoms with Gasteiger partial charge in [-0.25, -0.2) is 4.79 Å². The Labute approximate surface area is 144 Å². The van der Waals surface area contributed by atoms with Gasteiger partial charge in [0, 0.05) is 5.56 Å². The van der Waals surface area contributed by atoms with Crippen LogP contribution in [0.15, 0.2) is 16.7 Å². The number of aromatic nitrogens is 1. The summed E-state index contributed by atoms with van der Waals surface area (Å²) in [6.45, 7) is 5.73. The van der Waals surface area contributed by atoms with Crippen LogP contribution >= 0.6 is 0 Å². The van der Waals surface area contributed by atoms with E-state index >= 15 is 0 Å². The number of aryl methyl sites for hydroxylation is 2. The van der Waals surface area contributed by atoms with Crippen LogP contribution in [0.3, 0.4) is 0 Å². The van der Waals surface area contributed by atoms with Crippen LogP contribution in [0.4, 0.5) is 5.69 Å². The Morgan fingerprint density at radius 3 is 2.60 bits per heavy atom. The summed E-state index contributed by atoms with van der Waals surface area (Å²) >= 11 is 0. The molecule has 0 saturated carbocycles. The van der Waals surface area contributed by atoms with Gasteiger partial charge in [-0.1, -0.05) is 18.5 Å². The number of benzene rings is 1. The number of nitro benzene ring substituents is 1. The lowest BCUT2D eigenvalue weighted by atomic mass is 9.99. The van der Waals surface area contributed by atoms with Crippen molar-refractivity contribution in [1.29, 1.82) is 0 Å². The number of hydrogen-bond acceptors (Lipinski definition) is 7. The van der Waals surface area contributed by atoms with E-state index in [0.717, 1.165) is 12.8 Å². The van der Waals surface area contributed by atoms with Crippen LogP contribution in [0.25, 0.3) is 11.1 Å². The number of unbranched alkanes of at least 4 members (excludes halogenated alkanes) is 1. The van der Waals surface area contributed by atoms with E-state index in [4.69, 9.17) is 9.26 Å².